The van der Waals surface area contributed by atoms with E-state index in [9.17, 15) is 9.59 Å². The zero-order chi connectivity index (χ0) is 12.6. The van der Waals surface area contributed by atoms with Crippen molar-refractivity contribution >= 4 is 11.9 Å². The molecule has 1 amide bonds. The molecule has 17 heavy (non-hydrogen) atoms. The number of rotatable bonds is 1. The van der Waals surface area contributed by atoms with Crippen molar-refractivity contribution in [3.8, 4) is 0 Å². The average molecular weight is 235 g/mol. The number of methoxy groups -OCH3 is 1. The molecule has 0 bridgehead atoms. The largest absolute Gasteiger partial charge is 0.468 e. The zero-order valence-corrected chi connectivity index (χ0v) is 10.4. The summed E-state index contributed by atoms with van der Waals surface area (Å²) in [5, 5.41) is 2.67. The molecule has 0 aromatic rings. The summed E-state index contributed by atoms with van der Waals surface area (Å²) >= 11 is 0. The topological polar surface area (TPSA) is 55.4 Å². The molecular formula is C13H17NO3. The van der Waals surface area contributed by atoms with E-state index in [1.165, 1.54) is 18.3 Å². The Hall–Kier alpha value is -1.58. The number of hydrogen-bond donors (Lipinski definition) is 1. The van der Waals surface area contributed by atoms with Crippen LogP contribution in [0.1, 0.15) is 26.7 Å². The molecule has 0 aromatic carbocycles. The first kappa shape index (κ1) is 11.9. The monoisotopic (exact) mass is 235 g/mol. The first-order valence-electron chi connectivity index (χ1n) is 5.73. The number of hydrogen-bond acceptors (Lipinski definition) is 3. The number of allylic oxidation sites excluding steroid dienone is 2. The number of esters is 1. The van der Waals surface area contributed by atoms with Crippen molar-refractivity contribution in [2.75, 3.05) is 7.11 Å². The van der Waals surface area contributed by atoms with Crippen molar-refractivity contribution < 1.29 is 14.3 Å². The first-order valence-corrected chi connectivity index (χ1v) is 5.73. The van der Waals surface area contributed by atoms with Crippen LogP contribution in [0.2, 0.25) is 0 Å². The van der Waals surface area contributed by atoms with Crippen molar-refractivity contribution in [1.29, 1.82) is 0 Å². The quantitative estimate of drug-likeness (QED) is 0.554. The summed E-state index contributed by atoms with van der Waals surface area (Å²) in [6, 6.07) is 0. The summed E-state index contributed by atoms with van der Waals surface area (Å²) in [6.07, 6.45) is 4.53. The molecule has 0 radical (unpaired) electrons. The Bertz CT molecular complexity index is 436. The van der Waals surface area contributed by atoms with Gasteiger partial charge in [-0.1, -0.05) is 11.1 Å². The second kappa shape index (κ2) is 4.02. The lowest BCUT2D eigenvalue weighted by Crippen LogP contribution is -2.50. The molecule has 0 unspecified atom stereocenters. The van der Waals surface area contributed by atoms with E-state index in [0.29, 0.717) is 12.8 Å². The maximum absolute atomic E-state index is 12.0. The summed E-state index contributed by atoms with van der Waals surface area (Å²) in [5.41, 5.74) is 1.56. The molecule has 1 N–H and O–H groups in total. The molecule has 0 spiro atoms. The predicted octanol–water partition coefficient (Wildman–Crippen LogP) is 1.54. The van der Waals surface area contributed by atoms with Gasteiger partial charge in [-0.3, -0.25) is 9.59 Å². The van der Waals surface area contributed by atoms with Gasteiger partial charge in [-0.15, -0.1) is 0 Å². The molecule has 1 aliphatic carbocycles. The maximum Gasteiger partial charge on any atom is 0.316 e. The van der Waals surface area contributed by atoms with Gasteiger partial charge in [0, 0.05) is 6.20 Å². The van der Waals surface area contributed by atoms with Crippen LogP contribution < -0.4 is 5.32 Å². The zero-order valence-electron chi connectivity index (χ0n) is 10.4. The van der Waals surface area contributed by atoms with Gasteiger partial charge in [0.2, 0.25) is 5.91 Å². The van der Waals surface area contributed by atoms with Gasteiger partial charge < -0.3 is 10.1 Å². The molecule has 0 fully saturated rings. The highest BCUT2D eigenvalue weighted by Crippen LogP contribution is 2.47. The Labute approximate surface area is 101 Å². The highest BCUT2D eigenvalue weighted by atomic mass is 16.5. The first-order chi connectivity index (χ1) is 8.01. The lowest BCUT2D eigenvalue weighted by Gasteiger charge is -2.41. The van der Waals surface area contributed by atoms with Gasteiger partial charge in [0.25, 0.3) is 0 Å². The predicted molar refractivity (Wildman–Crippen MR) is 62.8 cm³/mol. The van der Waals surface area contributed by atoms with E-state index in [1.807, 2.05) is 13.8 Å². The van der Waals surface area contributed by atoms with E-state index in [-0.39, 0.29) is 17.8 Å². The summed E-state index contributed by atoms with van der Waals surface area (Å²) in [5.74, 6) is -0.756. The lowest BCUT2D eigenvalue weighted by molar-refractivity contribution is -0.157. The van der Waals surface area contributed by atoms with Gasteiger partial charge in [-0.05, 0) is 32.8 Å². The number of carbonyl (C=O) groups excluding carboxylic acids is 2. The molecule has 1 heterocycles. The Morgan fingerprint density at radius 3 is 2.82 bits per heavy atom. The smallest absolute Gasteiger partial charge is 0.316 e. The van der Waals surface area contributed by atoms with Gasteiger partial charge in [0.05, 0.1) is 13.0 Å². The van der Waals surface area contributed by atoms with Crippen molar-refractivity contribution in [2.24, 2.45) is 11.3 Å². The van der Waals surface area contributed by atoms with Gasteiger partial charge >= 0.3 is 5.97 Å². The minimum Gasteiger partial charge on any atom is -0.468 e. The number of amides is 1. The molecule has 2 rings (SSSR count). The summed E-state index contributed by atoms with van der Waals surface area (Å²) in [7, 11) is 1.37. The highest BCUT2D eigenvalue weighted by molar-refractivity contribution is 5.92. The maximum atomic E-state index is 12.0. The van der Waals surface area contributed by atoms with Crippen LogP contribution in [-0.4, -0.2) is 19.0 Å². The van der Waals surface area contributed by atoms with Crippen LogP contribution in [0, 0.1) is 11.3 Å². The number of carbonyl (C=O) groups is 2. The molecule has 0 saturated heterocycles. The van der Waals surface area contributed by atoms with Gasteiger partial charge in [0.15, 0.2) is 0 Å². The van der Waals surface area contributed by atoms with Crippen molar-refractivity contribution in [3.05, 3.63) is 23.4 Å². The van der Waals surface area contributed by atoms with E-state index >= 15 is 0 Å². The third kappa shape index (κ3) is 1.68. The third-order valence-electron chi connectivity index (χ3n) is 3.91. The Morgan fingerprint density at radius 2 is 2.18 bits per heavy atom. The highest BCUT2D eigenvalue weighted by Gasteiger charge is 2.51. The van der Waals surface area contributed by atoms with Crippen LogP contribution in [-0.2, 0) is 14.3 Å². The molecule has 1 aliphatic heterocycles. The standard InChI is InChI=1S/C13H17NO3/c1-8-6-10-11(15)14-5-4-13(10,7-9(8)2)12(16)17-3/h4-5,10H,6-7H2,1-3H3,(H,14,15)/t10-,13+/m0/s1. The van der Waals surface area contributed by atoms with Gasteiger partial charge in [-0.25, -0.2) is 0 Å². The van der Waals surface area contributed by atoms with Gasteiger partial charge in [0.1, 0.15) is 5.41 Å². The Balaban J connectivity index is 2.50. The molecular weight excluding hydrogens is 218 g/mol. The van der Waals surface area contributed by atoms with Crippen LogP contribution in [0.25, 0.3) is 0 Å². The molecule has 0 aromatic heterocycles. The molecule has 4 heteroatoms. The second-order valence-electron chi connectivity index (χ2n) is 4.87. The minimum atomic E-state index is -0.805. The van der Waals surface area contributed by atoms with Crippen LogP contribution in [0.3, 0.4) is 0 Å². The van der Waals surface area contributed by atoms with Crippen LogP contribution in [0.15, 0.2) is 23.4 Å². The minimum absolute atomic E-state index is 0.0928. The fraction of sp³-hybridized carbons (Fsp3) is 0.538. The lowest BCUT2D eigenvalue weighted by atomic mass is 9.63. The van der Waals surface area contributed by atoms with Crippen molar-refractivity contribution in [2.45, 2.75) is 26.7 Å². The molecule has 92 valence electrons. The molecule has 2 atom stereocenters. The molecule has 2 aliphatic rings. The van der Waals surface area contributed by atoms with Crippen LogP contribution in [0.4, 0.5) is 0 Å². The Morgan fingerprint density at radius 1 is 1.47 bits per heavy atom. The Kier molecular flexibility index (Phi) is 2.81. The van der Waals surface area contributed by atoms with E-state index in [2.05, 4.69) is 5.32 Å². The third-order valence-corrected chi connectivity index (χ3v) is 3.91. The van der Waals surface area contributed by atoms with Crippen molar-refractivity contribution in [3.63, 3.8) is 0 Å². The van der Waals surface area contributed by atoms with E-state index in [4.69, 9.17) is 4.74 Å². The number of nitrogens with one attached hydrogen (secondary N) is 1. The van der Waals surface area contributed by atoms with E-state index in [0.717, 1.165) is 0 Å². The number of ether oxygens (including phenoxy) is 1. The SMILES string of the molecule is COC(=O)[C@@]12C=CNC(=O)[C@@H]1CC(C)=C(C)C2. The summed E-state index contributed by atoms with van der Waals surface area (Å²) in [4.78, 5) is 24.0. The number of fused-ring (bicyclic) bond motifs is 1. The van der Waals surface area contributed by atoms with Gasteiger partial charge in [-0.2, -0.15) is 0 Å². The average Bonchev–Trinajstić information content (AvgIpc) is 2.31. The summed E-state index contributed by atoms with van der Waals surface area (Å²) in [6.45, 7) is 4.03. The van der Waals surface area contributed by atoms with Crippen LogP contribution in [0.5, 0.6) is 0 Å². The van der Waals surface area contributed by atoms with Crippen LogP contribution >= 0.6 is 0 Å². The fourth-order valence-electron chi connectivity index (χ4n) is 2.72. The van der Waals surface area contributed by atoms with Crippen molar-refractivity contribution in [1.82, 2.24) is 5.32 Å². The molecule has 0 saturated carbocycles. The fourth-order valence-corrected chi connectivity index (χ4v) is 2.72. The second-order valence-corrected chi connectivity index (χ2v) is 4.87. The normalized spacial score (nSPS) is 31.9. The van der Waals surface area contributed by atoms with E-state index in [1.54, 1.807) is 12.3 Å². The summed E-state index contributed by atoms with van der Waals surface area (Å²) < 4.78 is 4.89. The molecule has 4 nitrogen and oxygen atoms in total. The van der Waals surface area contributed by atoms with E-state index < -0.39 is 5.41 Å².